The average molecular weight is 267 g/mol. The summed E-state index contributed by atoms with van der Waals surface area (Å²) < 4.78 is 0. The van der Waals surface area contributed by atoms with E-state index in [2.05, 4.69) is 6.58 Å². The van der Waals surface area contributed by atoms with Crippen LogP contribution in [0.4, 0.5) is 0 Å². The summed E-state index contributed by atoms with van der Waals surface area (Å²) in [6.45, 7) is 7.79. The van der Waals surface area contributed by atoms with E-state index < -0.39 is 5.41 Å². The Balaban J connectivity index is 2.41. The minimum Gasteiger partial charge on any atom is -0.299 e. The number of alkyl halides is 1. The molecular weight excluding hydrogens is 248 g/mol. The third kappa shape index (κ3) is 1.97. The van der Waals surface area contributed by atoms with Crippen molar-refractivity contribution in [2.24, 2.45) is 11.3 Å². The number of allylic oxidation sites excluding steroid dienone is 3. The highest BCUT2D eigenvalue weighted by Gasteiger charge is 2.46. The van der Waals surface area contributed by atoms with Gasteiger partial charge in [0.2, 0.25) is 0 Å². The van der Waals surface area contributed by atoms with Crippen molar-refractivity contribution in [3.8, 4) is 0 Å². The molecule has 18 heavy (non-hydrogen) atoms. The summed E-state index contributed by atoms with van der Waals surface area (Å²) in [5.74, 6) is 0.924. The first-order valence-electron chi connectivity index (χ1n) is 6.40. The molecule has 1 fully saturated rings. The minimum atomic E-state index is -0.416. The summed E-state index contributed by atoms with van der Waals surface area (Å²) in [6.07, 6.45) is 2.45. The van der Waals surface area contributed by atoms with Gasteiger partial charge in [-0.2, -0.15) is 0 Å². The fraction of sp³-hybridized carbons (Fsp3) is 0.600. The molecule has 2 nitrogen and oxygen atoms in total. The molecule has 98 valence electrons. The maximum Gasteiger partial charge on any atom is 0.158 e. The first-order chi connectivity index (χ1) is 8.40. The molecule has 0 aliphatic heterocycles. The van der Waals surface area contributed by atoms with Crippen molar-refractivity contribution in [2.75, 3.05) is 5.88 Å². The zero-order valence-electron chi connectivity index (χ0n) is 11.0. The monoisotopic (exact) mass is 266 g/mol. The second-order valence-corrected chi connectivity index (χ2v) is 5.95. The molecule has 0 aromatic rings. The zero-order valence-corrected chi connectivity index (χ0v) is 11.8. The second kappa shape index (κ2) is 4.65. The van der Waals surface area contributed by atoms with E-state index >= 15 is 0 Å². The number of carbonyl (C=O) groups is 2. The number of carbonyl (C=O) groups excluding carboxylic acids is 2. The molecule has 0 radical (unpaired) electrons. The van der Waals surface area contributed by atoms with E-state index in [9.17, 15) is 9.59 Å². The number of fused-ring (bicyclic) bond motifs is 1. The fourth-order valence-electron chi connectivity index (χ4n) is 3.14. The first-order valence-corrected chi connectivity index (χ1v) is 6.94. The summed E-state index contributed by atoms with van der Waals surface area (Å²) >= 11 is 5.81. The van der Waals surface area contributed by atoms with Crippen LogP contribution in [0.5, 0.6) is 0 Å². The van der Waals surface area contributed by atoms with Crippen molar-refractivity contribution in [1.82, 2.24) is 0 Å². The Morgan fingerprint density at radius 3 is 2.72 bits per heavy atom. The largest absolute Gasteiger partial charge is 0.299 e. The summed E-state index contributed by atoms with van der Waals surface area (Å²) in [5.41, 5.74) is 2.32. The molecule has 0 heterocycles. The van der Waals surface area contributed by atoms with Crippen molar-refractivity contribution in [3.05, 3.63) is 23.3 Å². The Morgan fingerprint density at radius 1 is 1.44 bits per heavy atom. The SMILES string of the molecule is C=C(CCl)[C@@H]1CC(=O)[C@@]2(C)CCC(=O)C(C)=C2C1. The molecule has 0 amide bonds. The molecule has 0 spiro atoms. The van der Waals surface area contributed by atoms with E-state index in [-0.39, 0.29) is 17.5 Å². The van der Waals surface area contributed by atoms with Gasteiger partial charge in [0.05, 0.1) is 0 Å². The quantitative estimate of drug-likeness (QED) is 0.567. The molecule has 2 atom stereocenters. The van der Waals surface area contributed by atoms with Crippen LogP contribution in [-0.2, 0) is 9.59 Å². The van der Waals surface area contributed by atoms with Crippen LogP contribution in [0.25, 0.3) is 0 Å². The van der Waals surface area contributed by atoms with Gasteiger partial charge in [0.15, 0.2) is 5.78 Å². The number of hydrogen-bond acceptors (Lipinski definition) is 2. The topological polar surface area (TPSA) is 34.1 Å². The lowest BCUT2D eigenvalue weighted by molar-refractivity contribution is -0.130. The Kier molecular flexibility index (Phi) is 3.50. The van der Waals surface area contributed by atoms with Crippen LogP contribution < -0.4 is 0 Å². The molecule has 0 bridgehead atoms. The molecule has 0 aromatic heterocycles. The summed E-state index contributed by atoms with van der Waals surface area (Å²) in [6, 6.07) is 0. The van der Waals surface area contributed by atoms with Crippen LogP contribution in [0.1, 0.15) is 39.5 Å². The van der Waals surface area contributed by atoms with E-state index in [1.807, 2.05) is 13.8 Å². The van der Waals surface area contributed by atoms with E-state index in [0.29, 0.717) is 25.1 Å². The first kappa shape index (κ1) is 13.5. The van der Waals surface area contributed by atoms with Crippen molar-refractivity contribution >= 4 is 23.2 Å². The van der Waals surface area contributed by atoms with Crippen molar-refractivity contribution in [3.63, 3.8) is 0 Å². The van der Waals surface area contributed by atoms with Crippen LogP contribution in [0.3, 0.4) is 0 Å². The lowest BCUT2D eigenvalue weighted by Gasteiger charge is -2.42. The van der Waals surface area contributed by atoms with Gasteiger partial charge in [-0.1, -0.05) is 12.2 Å². The predicted octanol–water partition coefficient (Wildman–Crippen LogP) is 3.45. The predicted molar refractivity (Wildman–Crippen MR) is 72.6 cm³/mol. The van der Waals surface area contributed by atoms with E-state index in [1.54, 1.807) is 0 Å². The Bertz CT molecular complexity index is 461. The van der Waals surface area contributed by atoms with Crippen LogP contribution in [-0.4, -0.2) is 17.4 Å². The van der Waals surface area contributed by atoms with Gasteiger partial charge in [-0.25, -0.2) is 0 Å². The van der Waals surface area contributed by atoms with Crippen molar-refractivity contribution in [2.45, 2.75) is 39.5 Å². The number of rotatable bonds is 2. The number of Topliss-reactive ketones (excluding diaryl/α,β-unsaturated/α-hetero) is 2. The third-order valence-corrected chi connectivity index (χ3v) is 4.98. The second-order valence-electron chi connectivity index (χ2n) is 5.68. The molecule has 1 saturated carbocycles. The smallest absolute Gasteiger partial charge is 0.158 e. The lowest BCUT2D eigenvalue weighted by Crippen LogP contribution is -2.41. The van der Waals surface area contributed by atoms with E-state index in [1.165, 1.54) is 0 Å². The van der Waals surface area contributed by atoms with Gasteiger partial charge >= 0.3 is 0 Å². The van der Waals surface area contributed by atoms with Crippen LogP contribution in [0, 0.1) is 11.3 Å². The molecular formula is C15H19ClO2. The average Bonchev–Trinajstić information content (AvgIpc) is 2.36. The number of ketones is 2. The standard InChI is InChI=1S/C15H19ClO2/c1-9(8-16)11-6-12-10(2)13(17)4-5-15(12,3)14(18)7-11/h11H,1,4-8H2,2-3H3/t11-,15-/m0/s1. The number of hydrogen-bond donors (Lipinski definition) is 0. The summed E-state index contributed by atoms with van der Waals surface area (Å²) in [4.78, 5) is 24.2. The van der Waals surface area contributed by atoms with Gasteiger partial charge in [0.25, 0.3) is 0 Å². The Hall–Kier alpha value is -0.890. The highest BCUT2D eigenvalue weighted by atomic mass is 35.5. The van der Waals surface area contributed by atoms with Gasteiger partial charge < -0.3 is 0 Å². The lowest BCUT2D eigenvalue weighted by atomic mass is 9.60. The third-order valence-electron chi connectivity index (χ3n) is 4.64. The fourth-order valence-corrected chi connectivity index (χ4v) is 3.35. The van der Waals surface area contributed by atoms with Gasteiger partial charge in [-0.15, -0.1) is 11.6 Å². The molecule has 2 aliphatic carbocycles. The molecule has 3 heteroatoms. The normalized spacial score (nSPS) is 32.5. The Labute approximate surface area is 113 Å². The zero-order chi connectivity index (χ0) is 13.5. The maximum absolute atomic E-state index is 12.4. The molecule has 2 rings (SSSR count). The highest BCUT2D eigenvalue weighted by Crippen LogP contribution is 2.49. The number of halogens is 1. The van der Waals surface area contributed by atoms with Gasteiger partial charge in [0.1, 0.15) is 5.78 Å². The minimum absolute atomic E-state index is 0.110. The molecule has 0 saturated heterocycles. The van der Waals surface area contributed by atoms with E-state index in [0.717, 1.165) is 23.1 Å². The Morgan fingerprint density at radius 2 is 2.11 bits per heavy atom. The van der Waals surface area contributed by atoms with Crippen molar-refractivity contribution in [1.29, 1.82) is 0 Å². The highest BCUT2D eigenvalue weighted by molar-refractivity contribution is 6.19. The van der Waals surface area contributed by atoms with Crippen LogP contribution >= 0.6 is 11.6 Å². The molecule has 0 N–H and O–H groups in total. The van der Waals surface area contributed by atoms with E-state index in [4.69, 9.17) is 11.6 Å². The van der Waals surface area contributed by atoms with Crippen LogP contribution in [0.15, 0.2) is 23.3 Å². The molecule has 0 aromatic carbocycles. The van der Waals surface area contributed by atoms with Gasteiger partial charge in [0, 0.05) is 24.1 Å². The van der Waals surface area contributed by atoms with Gasteiger partial charge in [-0.05, 0) is 43.8 Å². The van der Waals surface area contributed by atoms with Crippen molar-refractivity contribution < 1.29 is 9.59 Å². The summed E-state index contributed by atoms with van der Waals surface area (Å²) in [7, 11) is 0. The molecule has 2 aliphatic rings. The maximum atomic E-state index is 12.4. The molecule has 0 unspecified atom stereocenters. The van der Waals surface area contributed by atoms with Crippen LogP contribution in [0.2, 0.25) is 0 Å². The van der Waals surface area contributed by atoms with Gasteiger partial charge in [-0.3, -0.25) is 9.59 Å². The summed E-state index contributed by atoms with van der Waals surface area (Å²) in [5, 5.41) is 0.